The van der Waals surface area contributed by atoms with Gasteiger partial charge in [0.25, 0.3) is 5.89 Å². The predicted octanol–water partition coefficient (Wildman–Crippen LogP) is 2.20. The standard InChI is InChI=1S/C11H8F3N3O4S/c1-6(18)9-15-16-10(21-9)7-2-4-8(5-3-7)17-22(19,20)11(12,13)14/h2-5,17H,1H3. The Morgan fingerprint density at radius 1 is 1.18 bits per heavy atom. The van der Waals surface area contributed by atoms with E-state index in [1.54, 1.807) is 0 Å². The summed E-state index contributed by atoms with van der Waals surface area (Å²) >= 11 is 0. The summed E-state index contributed by atoms with van der Waals surface area (Å²) in [6.07, 6.45) is 0. The number of halogens is 3. The number of hydrogen-bond acceptors (Lipinski definition) is 6. The quantitative estimate of drug-likeness (QED) is 0.859. The van der Waals surface area contributed by atoms with Crippen molar-refractivity contribution in [2.24, 2.45) is 0 Å². The van der Waals surface area contributed by atoms with Crippen LogP contribution in [0.1, 0.15) is 17.6 Å². The van der Waals surface area contributed by atoms with E-state index in [9.17, 15) is 26.4 Å². The van der Waals surface area contributed by atoms with E-state index in [0.717, 1.165) is 12.1 Å². The molecule has 22 heavy (non-hydrogen) atoms. The van der Waals surface area contributed by atoms with Gasteiger partial charge in [-0.25, -0.2) is 0 Å². The third-order valence-electron chi connectivity index (χ3n) is 2.41. The van der Waals surface area contributed by atoms with Gasteiger partial charge in [-0.15, -0.1) is 10.2 Å². The Labute approximate surface area is 122 Å². The SMILES string of the molecule is CC(=O)c1nnc(-c2ccc(NS(=O)(=O)C(F)(F)F)cc2)o1. The number of rotatable bonds is 4. The molecule has 0 unspecified atom stereocenters. The molecule has 11 heteroatoms. The van der Waals surface area contributed by atoms with E-state index in [0.29, 0.717) is 5.56 Å². The van der Waals surface area contributed by atoms with Crippen LogP contribution in [0.4, 0.5) is 18.9 Å². The lowest BCUT2D eigenvalue weighted by Gasteiger charge is -2.10. The van der Waals surface area contributed by atoms with Crippen LogP contribution in [0, 0.1) is 0 Å². The molecule has 0 fully saturated rings. The number of aromatic nitrogens is 2. The van der Waals surface area contributed by atoms with Gasteiger partial charge in [0, 0.05) is 18.2 Å². The van der Waals surface area contributed by atoms with Crippen LogP contribution in [0.2, 0.25) is 0 Å². The summed E-state index contributed by atoms with van der Waals surface area (Å²) in [6, 6.07) is 4.73. The van der Waals surface area contributed by atoms with Crippen molar-refractivity contribution in [2.75, 3.05) is 4.72 Å². The molecule has 7 nitrogen and oxygen atoms in total. The zero-order chi connectivity index (χ0) is 16.5. The van der Waals surface area contributed by atoms with Crippen molar-refractivity contribution in [3.8, 4) is 11.5 Å². The largest absolute Gasteiger partial charge is 0.516 e. The molecule has 0 radical (unpaired) electrons. The summed E-state index contributed by atoms with van der Waals surface area (Å²) in [4.78, 5) is 11.0. The van der Waals surface area contributed by atoms with Gasteiger partial charge in [0.1, 0.15) is 0 Å². The molecule has 0 atom stereocenters. The molecule has 0 amide bonds. The van der Waals surface area contributed by atoms with Crippen molar-refractivity contribution in [1.82, 2.24) is 10.2 Å². The number of hydrogen-bond donors (Lipinski definition) is 1. The molecule has 2 aromatic rings. The van der Waals surface area contributed by atoms with Crippen molar-refractivity contribution in [2.45, 2.75) is 12.4 Å². The van der Waals surface area contributed by atoms with Crippen molar-refractivity contribution in [3.63, 3.8) is 0 Å². The maximum Gasteiger partial charge on any atom is 0.516 e. The second kappa shape index (κ2) is 5.40. The Bertz CT molecular complexity index is 797. The van der Waals surface area contributed by atoms with Gasteiger partial charge in [0.15, 0.2) is 0 Å². The molecule has 0 aliphatic carbocycles. The lowest BCUT2D eigenvalue weighted by molar-refractivity contribution is -0.0429. The molecular formula is C11H8F3N3O4S. The van der Waals surface area contributed by atoms with E-state index in [1.807, 2.05) is 0 Å². The average Bonchev–Trinajstić information content (AvgIpc) is 2.87. The minimum atomic E-state index is -5.48. The molecule has 1 heterocycles. The molecule has 1 aromatic heterocycles. The number of nitrogens with one attached hydrogen (secondary N) is 1. The van der Waals surface area contributed by atoms with Gasteiger partial charge in [-0.3, -0.25) is 9.52 Å². The van der Waals surface area contributed by atoms with E-state index in [4.69, 9.17) is 4.42 Å². The van der Waals surface area contributed by atoms with Crippen molar-refractivity contribution in [1.29, 1.82) is 0 Å². The van der Waals surface area contributed by atoms with E-state index in [1.165, 1.54) is 23.8 Å². The number of nitrogens with zero attached hydrogens (tertiary/aromatic N) is 2. The lowest BCUT2D eigenvalue weighted by Crippen LogP contribution is -2.29. The van der Waals surface area contributed by atoms with Crippen molar-refractivity contribution >= 4 is 21.5 Å². The molecule has 0 saturated heterocycles. The Balaban J connectivity index is 2.22. The predicted molar refractivity (Wildman–Crippen MR) is 68.3 cm³/mol. The Morgan fingerprint density at radius 2 is 1.77 bits per heavy atom. The van der Waals surface area contributed by atoms with Gasteiger partial charge in [-0.2, -0.15) is 21.6 Å². The molecule has 1 aromatic carbocycles. The minimum absolute atomic E-state index is 0.0181. The highest BCUT2D eigenvalue weighted by Crippen LogP contribution is 2.26. The van der Waals surface area contributed by atoms with Gasteiger partial charge < -0.3 is 4.42 Å². The number of ketones is 1. The van der Waals surface area contributed by atoms with Gasteiger partial charge in [0.05, 0.1) is 0 Å². The molecule has 0 aliphatic heterocycles. The normalized spacial score (nSPS) is 12.2. The van der Waals surface area contributed by atoms with E-state index >= 15 is 0 Å². The molecule has 1 N–H and O–H groups in total. The highest BCUT2D eigenvalue weighted by Gasteiger charge is 2.46. The fourth-order valence-corrected chi connectivity index (χ4v) is 1.94. The van der Waals surface area contributed by atoms with E-state index in [2.05, 4.69) is 10.2 Å². The Kier molecular flexibility index (Phi) is 3.92. The minimum Gasteiger partial charge on any atom is -0.414 e. The molecule has 0 aliphatic rings. The second-order valence-corrected chi connectivity index (χ2v) is 5.77. The Morgan fingerprint density at radius 3 is 2.23 bits per heavy atom. The number of Topliss-reactive ketones (excluding diaryl/α,β-unsaturated/α-hetero) is 1. The monoisotopic (exact) mass is 335 g/mol. The summed E-state index contributed by atoms with van der Waals surface area (Å²) in [5.41, 5.74) is -5.38. The van der Waals surface area contributed by atoms with Crippen LogP contribution in [0.15, 0.2) is 28.7 Å². The van der Waals surface area contributed by atoms with E-state index in [-0.39, 0.29) is 17.5 Å². The second-order valence-electron chi connectivity index (χ2n) is 4.10. The van der Waals surface area contributed by atoms with Gasteiger partial charge in [0.2, 0.25) is 11.7 Å². The van der Waals surface area contributed by atoms with Crippen LogP contribution >= 0.6 is 0 Å². The van der Waals surface area contributed by atoms with Crippen molar-refractivity contribution < 1.29 is 30.8 Å². The molecule has 2 rings (SSSR count). The first kappa shape index (κ1) is 15.9. The highest BCUT2D eigenvalue weighted by molar-refractivity contribution is 7.93. The lowest BCUT2D eigenvalue weighted by atomic mass is 10.2. The van der Waals surface area contributed by atoms with Gasteiger partial charge in [-0.05, 0) is 24.3 Å². The number of carbonyl (C=O) groups is 1. The smallest absolute Gasteiger partial charge is 0.414 e. The maximum atomic E-state index is 12.2. The number of benzene rings is 1. The first-order valence-corrected chi connectivity index (χ1v) is 7.12. The van der Waals surface area contributed by atoms with Crippen molar-refractivity contribution in [3.05, 3.63) is 30.2 Å². The molecule has 0 spiro atoms. The number of sulfonamides is 1. The van der Waals surface area contributed by atoms with Gasteiger partial charge >= 0.3 is 15.5 Å². The third kappa shape index (κ3) is 3.24. The average molecular weight is 335 g/mol. The molecular weight excluding hydrogens is 327 g/mol. The summed E-state index contributed by atoms with van der Waals surface area (Å²) < 4.78 is 65.0. The molecule has 118 valence electrons. The topological polar surface area (TPSA) is 102 Å². The van der Waals surface area contributed by atoms with E-state index < -0.39 is 21.3 Å². The molecule has 0 bridgehead atoms. The maximum absolute atomic E-state index is 12.2. The van der Waals surface area contributed by atoms with Crippen LogP contribution in [0.25, 0.3) is 11.5 Å². The first-order valence-electron chi connectivity index (χ1n) is 5.64. The van der Waals surface area contributed by atoms with Crippen LogP contribution in [0.3, 0.4) is 0 Å². The van der Waals surface area contributed by atoms with Gasteiger partial charge in [-0.1, -0.05) is 0 Å². The zero-order valence-electron chi connectivity index (χ0n) is 10.9. The fourth-order valence-electron chi connectivity index (χ4n) is 1.38. The number of alkyl halides is 3. The third-order valence-corrected chi connectivity index (χ3v) is 3.53. The van der Waals surface area contributed by atoms with Crippen LogP contribution in [-0.2, 0) is 10.0 Å². The number of anilines is 1. The summed E-state index contributed by atoms with van der Waals surface area (Å²) in [7, 11) is -5.48. The first-order chi connectivity index (χ1) is 10.1. The Hall–Kier alpha value is -2.43. The summed E-state index contributed by atoms with van der Waals surface area (Å²) in [5.74, 6) is -0.666. The van der Waals surface area contributed by atoms with Crippen LogP contribution in [0.5, 0.6) is 0 Å². The number of carbonyl (C=O) groups excluding carboxylic acids is 1. The summed E-state index contributed by atoms with van der Waals surface area (Å²) in [6.45, 7) is 1.23. The fraction of sp³-hybridized carbons (Fsp3) is 0.182. The summed E-state index contributed by atoms with van der Waals surface area (Å²) in [5, 5.41) is 7.07. The zero-order valence-corrected chi connectivity index (χ0v) is 11.7. The highest BCUT2D eigenvalue weighted by atomic mass is 32.2. The van der Waals surface area contributed by atoms with Crippen LogP contribution in [-0.4, -0.2) is 29.9 Å². The molecule has 0 saturated carbocycles. The van der Waals surface area contributed by atoms with Crippen LogP contribution < -0.4 is 4.72 Å².